The summed E-state index contributed by atoms with van der Waals surface area (Å²) in [5.74, 6) is -1.02. The maximum Gasteiger partial charge on any atom is 0.490 e. The molecule has 200 valence electrons. The van der Waals surface area contributed by atoms with E-state index in [4.69, 9.17) is 14.6 Å². The first kappa shape index (κ1) is 26.6. The fourth-order valence-electron chi connectivity index (χ4n) is 4.71. The molecule has 5 heterocycles. The molecule has 0 aliphatic carbocycles. The van der Waals surface area contributed by atoms with Gasteiger partial charge in [-0.15, -0.1) is 21.5 Å². The predicted octanol–water partition coefficient (Wildman–Crippen LogP) is 2.95. The minimum Gasteiger partial charge on any atom is -0.475 e. The van der Waals surface area contributed by atoms with Crippen LogP contribution in [0.25, 0.3) is 10.7 Å². The molecule has 0 bridgehead atoms. The van der Waals surface area contributed by atoms with Gasteiger partial charge in [-0.05, 0) is 24.3 Å². The molecule has 3 aromatic heterocycles. The van der Waals surface area contributed by atoms with Gasteiger partial charge in [0.15, 0.2) is 11.6 Å². The third-order valence-electron chi connectivity index (χ3n) is 6.39. The molecule has 37 heavy (non-hydrogen) atoms. The highest BCUT2D eigenvalue weighted by Gasteiger charge is 2.46. The van der Waals surface area contributed by atoms with E-state index in [1.54, 1.807) is 16.2 Å². The van der Waals surface area contributed by atoms with Gasteiger partial charge in [0.25, 0.3) is 0 Å². The van der Waals surface area contributed by atoms with Crippen LogP contribution in [0.1, 0.15) is 24.2 Å². The summed E-state index contributed by atoms with van der Waals surface area (Å²) in [5, 5.41) is 22.4. The topological polar surface area (TPSA) is 119 Å². The minimum absolute atomic E-state index is 0.226. The number of carbonyl (C=O) groups is 2. The number of methoxy groups -OCH3 is 1. The zero-order chi connectivity index (χ0) is 26.8. The second kappa shape index (κ2) is 10.5. The van der Waals surface area contributed by atoms with Gasteiger partial charge < -0.3 is 14.4 Å². The zero-order valence-electron chi connectivity index (χ0n) is 20.2. The number of nitrogens with zero attached hydrogens (tertiary/aromatic N) is 7. The molecule has 0 aromatic carbocycles. The number of aryl methyl sites for hydroxylation is 1. The summed E-state index contributed by atoms with van der Waals surface area (Å²) >= 11 is 1.67. The summed E-state index contributed by atoms with van der Waals surface area (Å²) in [6, 6.07) is 4.12. The Kier molecular flexibility index (Phi) is 7.54. The maximum atomic E-state index is 12.4. The third-order valence-corrected chi connectivity index (χ3v) is 7.26. The largest absolute Gasteiger partial charge is 0.490 e. The second-order valence-corrected chi connectivity index (χ2v) is 9.85. The van der Waals surface area contributed by atoms with Gasteiger partial charge in [0, 0.05) is 45.0 Å². The Morgan fingerprint density at radius 2 is 1.95 bits per heavy atom. The molecule has 15 heteroatoms. The van der Waals surface area contributed by atoms with Crippen molar-refractivity contribution in [2.45, 2.75) is 37.6 Å². The Bertz CT molecular complexity index is 1230. The number of ether oxygens (including phenoxy) is 1. The van der Waals surface area contributed by atoms with Crippen LogP contribution < -0.4 is 0 Å². The number of likely N-dealkylation sites (tertiary alicyclic amines) is 1. The SMILES string of the molecule is COC(=O)N1Cc2nnc(-c3cccs3)n2C2(CCN(Cc3cnn(C)c3)CC2)C1.O=C(O)C(F)(F)F. The van der Waals surface area contributed by atoms with Crippen molar-refractivity contribution in [2.24, 2.45) is 7.05 Å². The number of aromatic nitrogens is 5. The number of carboxylic acids is 1. The maximum absolute atomic E-state index is 12.4. The van der Waals surface area contributed by atoms with Crippen LogP contribution in [0.4, 0.5) is 18.0 Å². The van der Waals surface area contributed by atoms with Gasteiger partial charge in [-0.2, -0.15) is 18.3 Å². The summed E-state index contributed by atoms with van der Waals surface area (Å²) in [5.41, 5.74) is 0.994. The number of carbonyl (C=O) groups excluding carboxylic acids is 1. The van der Waals surface area contributed by atoms with E-state index in [1.807, 2.05) is 24.0 Å². The standard InChI is InChI=1S/C20H25N7O2S.C2HF3O2/c1-24-11-15(10-21-24)12-25-7-5-20(6-8-25)14-26(19(28)29-2)13-17-22-23-18(27(17)20)16-4-3-9-30-16;3-2(4,5)1(6)7/h3-4,9-11H,5-8,12-14H2,1-2H3;(H,6,7). The molecular formula is C22H26F3N7O4S. The quantitative estimate of drug-likeness (QED) is 0.538. The van der Waals surface area contributed by atoms with Crippen LogP contribution in [0, 0.1) is 0 Å². The highest BCUT2D eigenvalue weighted by Crippen LogP contribution is 2.40. The molecule has 1 fully saturated rings. The van der Waals surface area contributed by atoms with E-state index in [0.29, 0.717) is 13.1 Å². The number of amides is 1. The van der Waals surface area contributed by atoms with Gasteiger partial charge in [0.2, 0.25) is 0 Å². The van der Waals surface area contributed by atoms with E-state index in [9.17, 15) is 18.0 Å². The number of rotatable bonds is 3. The van der Waals surface area contributed by atoms with Crippen molar-refractivity contribution < 1.29 is 32.6 Å². The monoisotopic (exact) mass is 541 g/mol. The van der Waals surface area contributed by atoms with Crippen LogP contribution in [-0.4, -0.2) is 84.4 Å². The molecular weight excluding hydrogens is 515 g/mol. The van der Waals surface area contributed by atoms with Crippen molar-refractivity contribution in [1.29, 1.82) is 0 Å². The van der Waals surface area contributed by atoms with Crippen LogP contribution in [0.5, 0.6) is 0 Å². The molecule has 0 saturated carbocycles. The zero-order valence-corrected chi connectivity index (χ0v) is 21.0. The Hall–Kier alpha value is -3.46. The Morgan fingerprint density at radius 3 is 2.49 bits per heavy atom. The van der Waals surface area contributed by atoms with Gasteiger partial charge in [0.1, 0.15) is 0 Å². The summed E-state index contributed by atoms with van der Waals surface area (Å²) in [6.07, 6.45) is 0.445. The molecule has 1 amide bonds. The number of hydrogen-bond donors (Lipinski definition) is 1. The molecule has 0 atom stereocenters. The summed E-state index contributed by atoms with van der Waals surface area (Å²) in [7, 11) is 3.37. The van der Waals surface area contributed by atoms with Crippen molar-refractivity contribution in [3.63, 3.8) is 0 Å². The van der Waals surface area contributed by atoms with E-state index in [-0.39, 0.29) is 11.6 Å². The lowest BCUT2D eigenvalue weighted by Gasteiger charge is -2.48. The summed E-state index contributed by atoms with van der Waals surface area (Å²) in [4.78, 5) is 26.6. The fourth-order valence-corrected chi connectivity index (χ4v) is 5.41. The fraction of sp³-hybridized carbons (Fsp3) is 0.500. The molecule has 1 saturated heterocycles. The molecule has 1 N–H and O–H groups in total. The Morgan fingerprint density at radius 1 is 1.24 bits per heavy atom. The van der Waals surface area contributed by atoms with Gasteiger partial charge in [-0.1, -0.05) is 6.07 Å². The first-order valence-corrected chi connectivity index (χ1v) is 12.2. The molecule has 2 aliphatic heterocycles. The number of piperidine rings is 1. The molecule has 11 nitrogen and oxygen atoms in total. The number of thiophene rings is 1. The lowest BCUT2D eigenvalue weighted by molar-refractivity contribution is -0.192. The highest BCUT2D eigenvalue weighted by molar-refractivity contribution is 7.13. The van der Waals surface area contributed by atoms with Crippen LogP contribution in [0.2, 0.25) is 0 Å². The first-order valence-electron chi connectivity index (χ1n) is 11.3. The summed E-state index contributed by atoms with van der Waals surface area (Å²) in [6.45, 7) is 3.80. The van der Waals surface area contributed by atoms with Crippen LogP contribution in [-0.2, 0) is 35.2 Å². The van der Waals surface area contributed by atoms with E-state index >= 15 is 0 Å². The average molecular weight is 542 g/mol. The van der Waals surface area contributed by atoms with Crippen molar-refractivity contribution in [2.75, 3.05) is 26.7 Å². The van der Waals surface area contributed by atoms with Crippen molar-refractivity contribution >= 4 is 23.4 Å². The van der Waals surface area contributed by atoms with Gasteiger partial charge in [-0.25, -0.2) is 9.59 Å². The van der Waals surface area contributed by atoms with Gasteiger partial charge in [0.05, 0.1) is 30.3 Å². The predicted molar refractivity (Wildman–Crippen MR) is 126 cm³/mol. The Balaban J connectivity index is 0.000000405. The number of halogens is 3. The van der Waals surface area contributed by atoms with Crippen molar-refractivity contribution in [3.8, 4) is 10.7 Å². The lowest BCUT2D eigenvalue weighted by Crippen LogP contribution is -2.56. The number of fused-ring (bicyclic) bond motifs is 2. The number of carboxylic acid groups (broad SMARTS) is 1. The highest BCUT2D eigenvalue weighted by atomic mass is 32.1. The van der Waals surface area contributed by atoms with E-state index in [0.717, 1.165) is 49.0 Å². The van der Waals surface area contributed by atoms with Crippen molar-refractivity contribution in [1.82, 2.24) is 34.3 Å². The number of alkyl halides is 3. The molecule has 2 aliphatic rings. The second-order valence-electron chi connectivity index (χ2n) is 8.90. The first-order chi connectivity index (χ1) is 17.5. The van der Waals surface area contributed by atoms with Crippen LogP contribution in [0.15, 0.2) is 29.9 Å². The van der Waals surface area contributed by atoms with E-state index < -0.39 is 12.1 Å². The molecule has 3 aromatic rings. The summed E-state index contributed by atoms with van der Waals surface area (Å²) < 4.78 is 40.9. The molecule has 0 unspecified atom stereocenters. The van der Waals surface area contributed by atoms with Crippen LogP contribution in [0.3, 0.4) is 0 Å². The van der Waals surface area contributed by atoms with Crippen LogP contribution >= 0.6 is 11.3 Å². The number of hydrogen-bond acceptors (Lipinski definition) is 8. The van der Waals surface area contributed by atoms with Crippen molar-refractivity contribution in [3.05, 3.63) is 41.3 Å². The lowest BCUT2D eigenvalue weighted by atomic mass is 9.84. The van der Waals surface area contributed by atoms with Gasteiger partial charge in [-0.3, -0.25) is 14.5 Å². The normalized spacial score (nSPS) is 17.2. The average Bonchev–Trinajstić information content (AvgIpc) is 3.61. The van der Waals surface area contributed by atoms with E-state index in [2.05, 4.69) is 42.4 Å². The third kappa shape index (κ3) is 5.77. The van der Waals surface area contributed by atoms with Gasteiger partial charge >= 0.3 is 18.2 Å². The van der Waals surface area contributed by atoms with E-state index in [1.165, 1.54) is 12.7 Å². The smallest absolute Gasteiger partial charge is 0.475 e. The molecule has 1 spiro atoms. The number of aliphatic carboxylic acids is 1. The molecule has 0 radical (unpaired) electrons. The Labute approximate surface area is 214 Å². The molecule has 5 rings (SSSR count). The minimum atomic E-state index is -5.08.